The van der Waals surface area contributed by atoms with Crippen LogP contribution in [0.2, 0.25) is 0 Å². The number of aromatic nitrogens is 2. The summed E-state index contributed by atoms with van der Waals surface area (Å²) in [5.74, 6) is -0.0208. The molecule has 3 aliphatic rings. The fourth-order valence-electron chi connectivity index (χ4n) is 4.97. The SMILES string of the molecule is Cn1nc(C2CCC(=O)NC2=O)c2cccc(OC3CCC4(CC3)CNC4)c21. The maximum absolute atomic E-state index is 12.3. The molecule has 28 heavy (non-hydrogen) atoms. The van der Waals surface area contributed by atoms with Crippen LogP contribution in [0.4, 0.5) is 0 Å². The van der Waals surface area contributed by atoms with Crippen molar-refractivity contribution >= 4 is 22.7 Å². The fraction of sp³-hybridized carbons (Fsp3) is 0.571. The second-order valence-corrected chi connectivity index (χ2v) is 8.59. The van der Waals surface area contributed by atoms with E-state index in [1.165, 1.54) is 12.8 Å². The molecule has 1 aromatic heterocycles. The average Bonchev–Trinajstić information content (AvgIpc) is 2.99. The Morgan fingerprint density at radius 2 is 1.96 bits per heavy atom. The van der Waals surface area contributed by atoms with Gasteiger partial charge in [-0.15, -0.1) is 0 Å². The summed E-state index contributed by atoms with van der Waals surface area (Å²) < 4.78 is 8.23. The molecule has 2 N–H and O–H groups in total. The molecule has 1 saturated carbocycles. The van der Waals surface area contributed by atoms with Gasteiger partial charge in [-0.05, 0) is 43.6 Å². The fourth-order valence-corrected chi connectivity index (χ4v) is 4.97. The van der Waals surface area contributed by atoms with Crippen molar-refractivity contribution < 1.29 is 14.3 Å². The van der Waals surface area contributed by atoms with Gasteiger partial charge in [0.2, 0.25) is 11.8 Å². The van der Waals surface area contributed by atoms with Crippen molar-refractivity contribution in [2.24, 2.45) is 12.5 Å². The number of fused-ring (bicyclic) bond motifs is 1. The molecule has 7 nitrogen and oxygen atoms in total. The van der Waals surface area contributed by atoms with Gasteiger partial charge in [-0.2, -0.15) is 5.10 Å². The third kappa shape index (κ3) is 2.89. The van der Waals surface area contributed by atoms with Crippen LogP contribution in [0.1, 0.15) is 50.1 Å². The van der Waals surface area contributed by atoms with Crippen LogP contribution in [0.5, 0.6) is 5.75 Å². The Morgan fingerprint density at radius 1 is 1.18 bits per heavy atom. The molecular weight excluding hydrogens is 356 g/mol. The van der Waals surface area contributed by atoms with Crippen LogP contribution in [-0.2, 0) is 16.6 Å². The summed E-state index contributed by atoms with van der Waals surface area (Å²) >= 11 is 0. The number of aryl methyl sites for hydroxylation is 1. The van der Waals surface area contributed by atoms with E-state index in [0.29, 0.717) is 18.3 Å². The number of nitrogens with zero attached hydrogens (tertiary/aromatic N) is 2. The van der Waals surface area contributed by atoms with Gasteiger partial charge >= 0.3 is 0 Å². The van der Waals surface area contributed by atoms with Crippen molar-refractivity contribution in [3.63, 3.8) is 0 Å². The molecule has 148 valence electrons. The number of carbonyl (C=O) groups is 2. The molecule has 3 heterocycles. The summed E-state index contributed by atoms with van der Waals surface area (Å²) in [5.41, 5.74) is 2.17. The highest BCUT2D eigenvalue weighted by Gasteiger charge is 2.40. The van der Waals surface area contributed by atoms with Gasteiger partial charge in [-0.3, -0.25) is 19.6 Å². The van der Waals surface area contributed by atoms with Gasteiger partial charge in [-0.25, -0.2) is 0 Å². The van der Waals surface area contributed by atoms with Crippen molar-refractivity contribution in [2.75, 3.05) is 13.1 Å². The summed E-state index contributed by atoms with van der Waals surface area (Å²) in [7, 11) is 1.89. The molecule has 0 radical (unpaired) electrons. The van der Waals surface area contributed by atoms with E-state index in [2.05, 4.69) is 15.7 Å². The van der Waals surface area contributed by atoms with Crippen LogP contribution < -0.4 is 15.4 Å². The Morgan fingerprint density at radius 3 is 2.64 bits per heavy atom. The minimum Gasteiger partial charge on any atom is -0.488 e. The average molecular weight is 382 g/mol. The van der Waals surface area contributed by atoms with E-state index >= 15 is 0 Å². The lowest BCUT2D eigenvalue weighted by molar-refractivity contribution is -0.134. The molecule has 2 aromatic rings. The summed E-state index contributed by atoms with van der Waals surface area (Å²) in [6, 6.07) is 5.95. The Kier molecular flexibility index (Phi) is 4.16. The third-order valence-electron chi connectivity index (χ3n) is 6.71. The van der Waals surface area contributed by atoms with Gasteiger partial charge in [0.1, 0.15) is 11.3 Å². The number of piperidine rings is 1. The second-order valence-electron chi connectivity index (χ2n) is 8.59. The lowest BCUT2D eigenvalue weighted by Gasteiger charge is -2.47. The molecule has 3 fully saturated rings. The molecule has 2 amide bonds. The predicted molar refractivity (Wildman–Crippen MR) is 104 cm³/mol. The van der Waals surface area contributed by atoms with Crippen LogP contribution in [-0.4, -0.2) is 40.8 Å². The number of para-hydroxylation sites is 1. The lowest BCUT2D eigenvalue weighted by atomic mass is 9.69. The van der Waals surface area contributed by atoms with Crippen LogP contribution in [0.25, 0.3) is 10.9 Å². The van der Waals surface area contributed by atoms with Gasteiger partial charge in [-0.1, -0.05) is 12.1 Å². The molecule has 1 spiro atoms. The Hall–Kier alpha value is -2.41. The Labute approximate surface area is 163 Å². The first-order valence-electron chi connectivity index (χ1n) is 10.2. The molecule has 2 aliphatic heterocycles. The zero-order chi connectivity index (χ0) is 19.3. The Bertz CT molecular complexity index is 937. The van der Waals surface area contributed by atoms with E-state index < -0.39 is 5.92 Å². The molecule has 2 saturated heterocycles. The topological polar surface area (TPSA) is 85.2 Å². The monoisotopic (exact) mass is 382 g/mol. The number of benzene rings is 1. The minimum absolute atomic E-state index is 0.206. The number of amides is 2. The largest absolute Gasteiger partial charge is 0.488 e. The number of hydrogen-bond acceptors (Lipinski definition) is 5. The number of ether oxygens (including phenoxy) is 1. The van der Waals surface area contributed by atoms with Gasteiger partial charge in [0.15, 0.2) is 0 Å². The molecule has 1 aliphatic carbocycles. The molecule has 1 unspecified atom stereocenters. The molecule has 5 rings (SSSR count). The van der Waals surface area contributed by atoms with Crippen molar-refractivity contribution in [3.8, 4) is 5.75 Å². The quantitative estimate of drug-likeness (QED) is 0.793. The first-order chi connectivity index (χ1) is 13.5. The smallest absolute Gasteiger partial charge is 0.235 e. The minimum atomic E-state index is -0.391. The highest BCUT2D eigenvalue weighted by atomic mass is 16.5. The highest BCUT2D eigenvalue weighted by molar-refractivity contribution is 6.02. The van der Waals surface area contributed by atoms with Gasteiger partial charge in [0, 0.05) is 31.9 Å². The standard InChI is InChI=1S/C21H26N4O3/c1-25-19-14(18(24-25)15-5-6-17(26)23-20(15)27)3-2-4-16(19)28-13-7-9-21(10-8-13)11-22-12-21/h2-4,13,15,22H,5-12H2,1H3,(H,23,26,27). The number of imide groups is 1. The lowest BCUT2D eigenvalue weighted by Crippen LogP contribution is -2.55. The molecule has 1 aromatic carbocycles. The van der Waals surface area contributed by atoms with E-state index in [9.17, 15) is 9.59 Å². The third-order valence-corrected chi connectivity index (χ3v) is 6.71. The van der Waals surface area contributed by atoms with E-state index in [1.807, 2.05) is 29.9 Å². The number of carbonyl (C=O) groups excluding carboxylic acids is 2. The summed E-state index contributed by atoms with van der Waals surface area (Å²) in [5, 5.41) is 11.4. The van der Waals surface area contributed by atoms with Crippen molar-refractivity contribution in [1.82, 2.24) is 20.4 Å². The van der Waals surface area contributed by atoms with Crippen LogP contribution in [0.3, 0.4) is 0 Å². The molecule has 0 bridgehead atoms. The van der Waals surface area contributed by atoms with E-state index in [0.717, 1.165) is 48.3 Å². The highest BCUT2D eigenvalue weighted by Crippen LogP contribution is 2.41. The van der Waals surface area contributed by atoms with E-state index in [1.54, 1.807) is 0 Å². The number of rotatable bonds is 3. The second kappa shape index (κ2) is 6.58. The maximum atomic E-state index is 12.3. The van der Waals surface area contributed by atoms with Crippen LogP contribution in [0.15, 0.2) is 18.2 Å². The summed E-state index contributed by atoms with van der Waals surface area (Å²) in [4.78, 5) is 23.8. The normalized spacial score (nSPS) is 25.0. The van der Waals surface area contributed by atoms with E-state index in [-0.39, 0.29) is 17.9 Å². The number of nitrogens with one attached hydrogen (secondary N) is 2. The number of hydrogen-bond donors (Lipinski definition) is 2. The van der Waals surface area contributed by atoms with Gasteiger partial charge < -0.3 is 10.1 Å². The van der Waals surface area contributed by atoms with Crippen LogP contribution >= 0.6 is 0 Å². The zero-order valence-corrected chi connectivity index (χ0v) is 16.2. The van der Waals surface area contributed by atoms with Gasteiger partial charge in [0.05, 0.1) is 17.7 Å². The summed E-state index contributed by atoms with van der Waals surface area (Å²) in [6.45, 7) is 2.29. The molecular formula is C21H26N4O3. The Balaban J connectivity index is 1.41. The maximum Gasteiger partial charge on any atom is 0.235 e. The van der Waals surface area contributed by atoms with Crippen molar-refractivity contribution in [1.29, 1.82) is 0 Å². The van der Waals surface area contributed by atoms with Crippen molar-refractivity contribution in [3.05, 3.63) is 23.9 Å². The summed E-state index contributed by atoms with van der Waals surface area (Å²) in [6.07, 6.45) is 5.67. The molecule has 1 atom stereocenters. The van der Waals surface area contributed by atoms with Crippen molar-refractivity contribution in [2.45, 2.75) is 50.5 Å². The van der Waals surface area contributed by atoms with E-state index in [4.69, 9.17) is 4.74 Å². The van der Waals surface area contributed by atoms with Gasteiger partial charge in [0.25, 0.3) is 0 Å². The first-order valence-corrected chi connectivity index (χ1v) is 10.2. The first kappa shape index (κ1) is 17.7. The predicted octanol–water partition coefficient (Wildman–Crippen LogP) is 2.00. The van der Waals surface area contributed by atoms with Crippen LogP contribution in [0, 0.1) is 5.41 Å². The molecule has 7 heteroatoms. The zero-order valence-electron chi connectivity index (χ0n) is 16.2.